The van der Waals surface area contributed by atoms with E-state index in [0.717, 1.165) is 0 Å². The highest BCUT2D eigenvalue weighted by molar-refractivity contribution is 14.1. The third-order valence-corrected chi connectivity index (χ3v) is 2.16. The van der Waals surface area contributed by atoms with Crippen molar-refractivity contribution in [2.75, 3.05) is 0 Å². The molecule has 0 fully saturated rings. The van der Waals surface area contributed by atoms with E-state index in [2.05, 4.69) is 0 Å². The van der Waals surface area contributed by atoms with Crippen molar-refractivity contribution in [1.82, 2.24) is 0 Å². The number of hydrogen-bond donors (Lipinski definition) is 0. The van der Waals surface area contributed by atoms with E-state index < -0.39 is 50.1 Å². The van der Waals surface area contributed by atoms with Gasteiger partial charge in [-0.15, -0.1) is 0 Å². The molecule has 0 heterocycles. The van der Waals surface area contributed by atoms with Crippen LogP contribution in [0.2, 0.25) is 0 Å². The summed E-state index contributed by atoms with van der Waals surface area (Å²) in [6.07, 6.45) is 0. The minimum Gasteiger partial charge on any atom is -0.206 e. The average molecular weight is 372 g/mol. The Hall–Kier alpha value is -0.160. The summed E-state index contributed by atoms with van der Waals surface area (Å²) in [6, 6.07) is 0. The molecule has 0 aliphatic rings. The number of halogens is 10. The summed E-state index contributed by atoms with van der Waals surface area (Å²) in [6.45, 7) is 1.71. The Kier molecular flexibility index (Phi) is 3.91. The SMILES string of the molecule is C=C(F)C(F)(F)C(F)(F)C(F)(F)C(F)(F)I. The van der Waals surface area contributed by atoms with Gasteiger partial charge in [0.2, 0.25) is 0 Å². The van der Waals surface area contributed by atoms with Gasteiger partial charge in [0.05, 0.1) is 0 Å². The zero-order chi connectivity index (χ0) is 13.6. The van der Waals surface area contributed by atoms with Crippen molar-refractivity contribution in [2.45, 2.75) is 21.7 Å². The maximum absolute atomic E-state index is 12.4. The monoisotopic (exact) mass is 372 g/mol. The largest absolute Gasteiger partial charge is 0.387 e. The lowest BCUT2D eigenvalue weighted by Crippen LogP contribution is -2.60. The Morgan fingerprint density at radius 3 is 1.31 bits per heavy atom. The first kappa shape index (κ1) is 15.8. The molecule has 0 aromatic carbocycles. The van der Waals surface area contributed by atoms with Crippen LogP contribution in [-0.2, 0) is 0 Å². The Morgan fingerprint density at radius 1 is 0.812 bits per heavy atom. The molecule has 0 amide bonds. The molecule has 0 aliphatic heterocycles. The molecular weight excluding hydrogens is 370 g/mol. The minimum atomic E-state index is -6.60. The standard InChI is InChI=1S/C6H2F9I/c1-2(7)3(8,9)4(10,11)5(12,13)6(14,15)16/h1H2. The number of rotatable bonds is 4. The summed E-state index contributed by atoms with van der Waals surface area (Å²) in [4.78, 5) is 0. The molecule has 0 rings (SSSR count). The molecular formula is C6H2F9I. The van der Waals surface area contributed by atoms with E-state index in [1.54, 1.807) is 6.58 Å². The molecule has 10 heteroatoms. The Morgan fingerprint density at radius 2 is 1.12 bits per heavy atom. The van der Waals surface area contributed by atoms with Gasteiger partial charge < -0.3 is 0 Å². The van der Waals surface area contributed by atoms with E-state index in [1.807, 2.05) is 0 Å². The van der Waals surface area contributed by atoms with Gasteiger partial charge in [-0.1, -0.05) is 6.58 Å². The summed E-state index contributed by atoms with van der Waals surface area (Å²) in [5.74, 6) is -22.3. The molecule has 0 N–H and O–H groups in total. The molecule has 0 nitrogen and oxygen atoms in total. The molecule has 0 saturated carbocycles. The van der Waals surface area contributed by atoms with Crippen LogP contribution in [0.15, 0.2) is 12.4 Å². The van der Waals surface area contributed by atoms with Crippen molar-refractivity contribution < 1.29 is 39.5 Å². The fraction of sp³-hybridized carbons (Fsp3) is 0.667. The Labute approximate surface area is 96.6 Å². The van der Waals surface area contributed by atoms with Gasteiger partial charge in [0.1, 0.15) is 0 Å². The molecule has 0 saturated heterocycles. The Bertz CT molecular complexity index is 289. The maximum Gasteiger partial charge on any atom is 0.387 e. The van der Waals surface area contributed by atoms with Crippen LogP contribution in [0.4, 0.5) is 39.5 Å². The second-order valence-corrected chi connectivity index (χ2v) is 3.98. The van der Waals surface area contributed by atoms with E-state index in [0.29, 0.717) is 0 Å². The molecule has 0 atom stereocenters. The predicted molar refractivity (Wildman–Crippen MR) is 44.1 cm³/mol. The van der Waals surface area contributed by atoms with E-state index in [-0.39, 0.29) is 0 Å². The van der Waals surface area contributed by atoms with Crippen molar-refractivity contribution in [3.63, 3.8) is 0 Å². The summed E-state index contributed by atoms with van der Waals surface area (Å²) < 4.78 is 105. The summed E-state index contributed by atoms with van der Waals surface area (Å²) in [5, 5.41) is 0. The minimum absolute atomic E-state index is 0.441. The summed E-state index contributed by atoms with van der Waals surface area (Å²) >= 11 is -0.441. The fourth-order valence-electron chi connectivity index (χ4n) is 0.546. The van der Waals surface area contributed by atoms with E-state index in [9.17, 15) is 39.5 Å². The molecule has 0 radical (unpaired) electrons. The van der Waals surface area contributed by atoms with Crippen LogP contribution in [0.1, 0.15) is 0 Å². The van der Waals surface area contributed by atoms with Gasteiger partial charge in [-0.2, -0.15) is 35.1 Å². The van der Waals surface area contributed by atoms with Crippen LogP contribution in [0.3, 0.4) is 0 Å². The molecule has 0 spiro atoms. The topological polar surface area (TPSA) is 0 Å². The Balaban J connectivity index is 5.62. The predicted octanol–water partition coefficient (Wildman–Crippen LogP) is 4.40. The fourth-order valence-corrected chi connectivity index (χ4v) is 0.884. The lowest BCUT2D eigenvalue weighted by Gasteiger charge is -2.33. The van der Waals surface area contributed by atoms with E-state index in [1.165, 1.54) is 0 Å². The van der Waals surface area contributed by atoms with Crippen molar-refractivity contribution >= 4 is 22.6 Å². The highest BCUT2D eigenvalue weighted by atomic mass is 127. The molecule has 0 unspecified atom stereocenters. The van der Waals surface area contributed by atoms with Crippen LogP contribution in [-0.4, -0.2) is 21.7 Å². The zero-order valence-electron chi connectivity index (χ0n) is 6.99. The van der Waals surface area contributed by atoms with Crippen LogP contribution in [0, 0.1) is 0 Å². The third-order valence-electron chi connectivity index (χ3n) is 1.49. The maximum atomic E-state index is 12.4. The van der Waals surface area contributed by atoms with Crippen LogP contribution >= 0.6 is 22.6 Å². The lowest BCUT2D eigenvalue weighted by atomic mass is 10.0. The van der Waals surface area contributed by atoms with Crippen LogP contribution in [0.5, 0.6) is 0 Å². The van der Waals surface area contributed by atoms with Gasteiger partial charge in [0.25, 0.3) is 0 Å². The quantitative estimate of drug-likeness (QED) is 0.390. The molecule has 0 aromatic heterocycles. The number of hydrogen-bond acceptors (Lipinski definition) is 0. The van der Waals surface area contributed by atoms with E-state index >= 15 is 0 Å². The van der Waals surface area contributed by atoms with Gasteiger partial charge in [-0.25, -0.2) is 4.39 Å². The first-order valence-electron chi connectivity index (χ1n) is 3.24. The highest BCUT2D eigenvalue weighted by Crippen LogP contribution is 2.56. The van der Waals surface area contributed by atoms with Crippen LogP contribution in [0.25, 0.3) is 0 Å². The van der Waals surface area contributed by atoms with Gasteiger partial charge in [-0.3, -0.25) is 0 Å². The van der Waals surface area contributed by atoms with Gasteiger partial charge in [0, 0.05) is 22.6 Å². The highest BCUT2D eigenvalue weighted by Gasteiger charge is 2.81. The van der Waals surface area contributed by atoms with Gasteiger partial charge >= 0.3 is 21.7 Å². The third kappa shape index (κ3) is 2.12. The molecule has 96 valence electrons. The molecule has 16 heavy (non-hydrogen) atoms. The molecule has 0 aromatic rings. The first-order valence-corrected chi connectivity index (χ1v) is 4.32. The second kappa shape index (κ2) is 3.95. The van der Waals surface area contributed by atoms with Gasteiger partial charge in [-0.05, 0) is 0 Å². The smallest absolute Gasteiger partial charge is 0.206 e. The van der Waals surface area contributed by atoms with Crippen molar-refractivity contribution in [1.29, 1.82) is 0 Å². The average Bonchev–Trinajstić information content (AvgIpc) is 2.00. The van der Waals surface area contributed by atoms with Crippen molar-refractivity contribution in [2.24, 2.45) is 0 Å². The van der Waals surface area contributed by atoms with Crippen molar-refractivity contribution in [3.05, 3.63) is 12.4 Å². The second-order valence-electron chi connectivity index (χ2n) is 2.63. The van der Waals surface area contributed by atoms with Gasteiger partial charge in [0.15, 0.2) is 5.83 Å². The van der Waals surface area contributed by atoms with E-state index in [4.69, 9.17) is 0 Å². The summed E-state index contributed by atoms with van der Waals surface area (Å²) in [5.41, 5.74) is 0. The van der Waals surface area contributed by atoms with Crippen LogP contribution < -0.4 is 0 Å². The molecule has 0 bridgehead atoms. The van der Waals surface area contributed by atoms with Crippen molar-refractivity contribution in [3.8, 4) is 0 Å². The number of allylic oxidation sites excluding steroid dienone is 1. The summed E-state index contributed by atoms with van der Waals surface area (Å²) in [7, 11) is 0. The number of alkyl halides is 9. The first-order chi connectivity index (χ1) is 6.69. The lowest BCUT2D eigenvalue weighted by molar-refractivity contribution is -0.335. The zero-order valence-corrected chi connectivity index (χ0v) is 9.14. The normalized spacial score (nSPS) is 15.1. The molecule has 0 aliphatic carbocycles.